The van der Waals surface area contributed by atoms with Crippen molar-refractivity contribution in [3.05, 3.63) is 24.3 Å². The highest BCUT2D eigenvalue weighted by Crippen LogP contribution is 2.14. The van der Waals surface area contributed by atoms with Gasteiger partial charge in [0, 0.05) is 23.8 Å². The molecule has 0 aliphatic carbocycles. The topological polar surface area (TPSA) is 110 Å². The predicted octanol–water partition coefficient (Wildman–Crippen LogP) is 1.63. The van der Waals surface area contributed by atoms with Gasteiger partial charge in [-0.25, -0.2) is 4.79 Å². The van der Waals surface area contributed by atoms with Gasteiger partial charge in [0.15, 0.2) is 0 Å². The number of rotatable bonds is 6. The summed E-state index contributed by atoms with van der Waals surface area (Å²) in [6.07, 6.45) is 2.04. The summed E-state index contributed by atoms with van der Waals surface area (Å²) in [6, 6.07) is 6.24. The fraction of sp³-hybridized carbons (Fsp3) is 0.385. The molecule has 6 nitrogen and oxygen atoms in total. The Morgan fingerprint density at radius 1 is 1.16 bits per heavy atom. The van der Waals surface area contributed by atoms with Crippen LogP contribution in [0.25, 0.3) is 0 Å². The molecule has 3 amide bonds. The highest BCUT2D eigenvalue weighted by Gasteiger charge is 2.04. The first-order chi connectivity index (χ1) is 8.97. The van der Waals surface area contributed by atoms with E-state index in [1.54, 1.807) is 24.3 Å². The molecular formula is C13H20N4O2. The minimum atomic E-state index is -0.618. The Bertz CT molecular complexity index is 429. The van der Waals surface area contributed by atoms with E-state index in [1.165, 1.54) is 0 Å². The van der Waals surface area contributed by atoms with Gasteiger partial charge in [-0.3, -0.25) is 4.79 Å². The standard InChI is InChI=1S/C13H20N4O2/c1-9(14)3-2-4-12(18)16-10-5-7-11(8-6-10)17-13(15)19/h5-9H,2-4,14H2,1H3,(H,16,18)(H3,15,17,19). The second kappa shape index (κ2) is 7.38. The van der Waals surface area contributed by atoms with Gasteiger partial charge in [0.1, 0.15) is 0 Å². The van der Waals surface area contributed by atoms with Gasteiger partial charge >= 0.3 is 6.03 Å². The largest absolute Gasteiger partial charge is 0.351 e. The van der Waals surface area contributed by atoms with Gasteiger partial charge in [-0.2, -0.15) is 0 Å². The molecule has 1 rings (SSSR count). The van der Waals surface area contributed by atoms with Crippen molar-refractivity contribution in [3.63, 3.8) is 0 Å². The summed E-state index contributed by atoms with van der Waals surface area (Å²) >= 11 is 0. The third-order valence-corrected chi connectivity index (χ3v) is 2.50. The van der Waals surface area contributed by atoms with Crippen molar-refractivity contribution in [3.8, 4) is 0 Å². The highest BCUT2D eigenvalue weighted by molar-refractivity contribution is 5.91. The maximum Gasteiger partial charge on any atom is 0.316 e. The number of nitrogens with two attached hydrogens (primary N) is 2. The zero-order chi connectivity index (χ0) is 14.3. The molecule has 0 saturated carbocycles. The lowest BCUT2D eigenvalue weighted by atomic mass is 10.1. The number of anilines is 2. The van der Waals surface area contributed by atoms with E-state index in [0.717, 1.165) is 12.8 Å². The Labute approximate surface area is 112 Å². The summed E-state index contributed by atoms with van der Waals surface area (Å²) < 4.78 is 0. The Morgan fingerprint density at radius 2 is 1.68 bits per heavy atom. The van der Waals surface area contributed by atoms with Gasteiger partial charge in [0.2, 0.25) is 5.91 Å². The van der Waals surface area contributed by atoms with E-state index < -0.39 is 6.03 Å². The molecule has 1 unspecified atom stereocenters. The molecule has 0 bridgehead atoms. The van der Waals surface area contributed by atoms with Crippen LogP contribution in [-0.4, -0.2) is 18.0 Å². The number of nitrogens with one attached hydrogen (secondary N) is 2. The summed E-state index contributed by atoms with van der Waals surface area (Å²) in [6.45, 7) is 1.92. The zero-order valence-corrected chi connectivity index (χ0v) is 11.0. The SMILES string of the molecule is CC(N)CCCC(=O)Nc1ccc(NC(N)=O)cc1. The van der Waals surface area contributed by atoms with Crippen LogP contribution >= 0.6 is 0 Å². The molecule has 0 radical (unpaired) electrons. The van der Waals surface area contributed by atoms with E-state index in [9.17, 15) is 9.59 Å². The van der Waals surface area contributed by atoms with Gasteiger partial charge < -0.3 is 22.1 Å². The quantitative estimate of drug-likeness (QED) is 0.626. The van der Waals surface area contributed by atoms with Crippen molar-refractivity contribution in [2.75, 3.05) is 10.6 Å². The van der Waals surface area contributed by atoms with Gasteiger partial charge in [-0.1, -0.05) is 0 Å². The van der Waals surface area contributed by atoms with Gasteiger partial charge in [-0.15, -0.1) is 0 Å². The lowest BCUT2D eigenvalue weighted by Gasteiger charge is -2.07. The fourth-order valence-corrected chi connectivity index (χ4v) is 1.59. The number of amides is 3. The molecule has 1 aromatic rings. The molecule has 6 N–H and O–H groups in total. The molecule has 0 heterocycles. The lowest BCUT2D eigenvalue weighted by Crippen LogP contribution is -2.19. The molecule has 1 aromatic carbocycles. The number of primary amides is 1. The van der Waals surface area contributed by atoms with E-state index in [-0.39, 0.29) is 11.9 Å². The van der Waals surface area contributed by atoms with Crippen LogP contribution in [0.4, 0.5) is 16.2 Å². The molecule has 0 saturated heterocycles. The van der Waals surface area contributed by atoms with Crippen LogP contribution in [0.5, 0.6) is 0 Å². The van der Waals surface area contributed by atoms with Crippen molar-refractivity contribution in [2.24, 2.45) is 11.5 Å². The third-order valence-electron chi connectivity index (χ3n) is 2.50. The van der Waals surface area contributed by atoms with Crippen molar-refractivity contribution in [1.82, 2.24) is 0 Å². The molecule has 0 aliphatic rings. The van der Waals surface area contributed by atoms with E-state index >= 15 is 0 Å². The molecule has 0 aliphatic heterocycles. The Morgan fingerprint density at radius 3 is 2.16 bits per heavy atom. The average molecular weight is 264 g/mol. The summed E-state index contributed by atoms with van der Waals surface area (Å²) in [5.74, 6) is -0.0451. The molecule has 1 atom stereocenters. The first kappa shape index (κ1) is 15.0. The van der Waals surface area contributed by atoms with Crippen molar-refractivity contribution in [2.45, 2.75) is 32.2 Å². The summed E-state index contributed by atoms with van der Waals surface area (Å²) in [5, 5.41) is 5.22. The van der Waals surface area contributed by atoms with Crippen molar-refractivity contribution >= 4 is 23.3 Å². The van der Waals surface area contributed by atoms with Crippen LogP contribution in [0.3, 0.4) is 0 Å². The maximum absolute atomic E-state index is 11.6. The molecular weight excluding hydrogens is 244 g/mol. The predicted molar refractivity (Wildman–Crippen MR) is 75.8 cm³/mol. The number of carbonyl (C=O) groups excluding carboxylic acids is 2. The molecule has 0 spiro atoms. The Hall–Kier alpha value is -2.08. The van der Waals surface area contributed by atoms with Crippen LogP contribution in [0, 0.1) is 0 Å². The Balaban J connectivity index is 2.40. The van der Waals surface area contributed by atoms with E-state index in [4.69, 9.17) is 11.5 Å². The van der Waals surface area contributed by atoms with Crippen LogP contribution in [0.2, 0.25) is 0 Å². The first-order valence-corrected chi connectivity index (χ1v) is 6.19. The number of urea groups is 1. The minimum absolute atomic E-state index is 0.0451. The monoisotopic (exact) mass is 264 g/mol. The molecule has 19 heavy (non-hydrogen) atoms. The average Bonchev–Trinajstić information content (AvgIpc) is 2.30. The smallest absolute Gasteiger partial charge is 0.316 e. The summed E-state index contributed by atoms with van der Waals surface area (Å²) in [7, 11) is 0. The van der Waals surface area contributed by atoms with Gasteiger partial charge in [0.05, 0.1) is 0 Å². The highest BCUT2D eigenvalue weighted by atomic mass is 16.2. The molecule has 6 heteroatoms. The molecule has 0 aromatic heterocycles. The zero-order valence-electron chi connectivity index (χ0n) is 11.0. The summed E-state index contributed by atoms with van der Waals surface area (Å²) in [5.41, 5.74) is 11.9. The van der Waals surface area contributed by atoms with Gasteiger partial charge in [-0.05, 0) is 44.0 Å². The maximum atomic E-state index is 11.6. The van der Waals surface area contributed by atoms with E-state index in [0.29, 0.717) is 17.8 Å². The molecule has 104 valence electrons. The summed E-state index contributed by atoms with van der Waals surface area (Å²) in [4.78, 5) is 22.3. The number of hydrogen-bond acceptors (Lipinski definition) is 3. The molecule has 0 fully saturated rings. The van der Waals surface area contributed by atoms with Crippen molar-refractivity contribution in [1.29, 1.82) is 0 Å². The first-order valence-electron chi connectivity index (χ1n) is 6.19. The van der Waals surface area contributed by atoms with Crippen molar-refractivity contribution < 1.29 is 9.59 Å². The fourth-order valence-electron chi connectivity index (χ4n) is 1.59. The Kier molecular flexibility index (Phi) is 5.81. The third kappa shape index (κ3) is 6.42. The second-order valence-electron chi connectivity index (χ2n) is 4.48. The van der Waals surface area contributed by atoms with Crippen LogP contribution < -0.4 is 22.1 Å². The lowest BCUT2D eigenvalue weighted by molar-refractivity contribution is -0.116. The number of hydrogen-bond donors (Lipinski definition) is 4. The van der Waals surface area contributed by atoms with Crippen LogP contribution in [0.1, 0.15) is 26.2 Å². The minimum Gasteiger partial charge on any atom is -0.351 e. The second-order valence-corrected chi connectivity index (χ2v) is 4.48. The van der Waals surface area contributed by atoms with Crippen LogP contribution in [0.15, 0.2) is 24.3 Å². The number of benzene rings is 1. The normalized spacial score (nSPS) is 11.7. The van der Waals surface area contributed by atoms with E-state index in [2.05, 4.69) is 10.6 Å². The van der Waals surface area contributed by atoms with Crippen LogP contribution in [-0.2, 0) is 4.79 Å². The van der Waals surface area contributed by atoms with E-state index in [1.807, 2.05) is 6.92 Å². The number of carbonyl (C=O) groups is 2. The van der Waals surface area contributed by atoms with Gasteiger partial charge in [0.25, 0.3) is 0 Å².